The van der Waals surface area contributed by atoms with Gasteiger partial charge in [0.05, 0.1) is 57.6 Å². The van der Waals surface area contributed by atoms with Gasteiger partial charge in [0.15, 0.2) is 11.6 Å². The molecular formula is C38H32F2N6O3S. The summed E-state index contributed by atoms with van der Waals surface area (Å²) >= 11 is 1.55. The molecule has 0 spiro atoms. The quantitative estimate of drug-likeness (QED) is 0.171. The van der Waals surface area contributed by atoms with Gasteiger partial charge >= 0.3 is 0 Å². The highest BCUT2D eigenvalue weighted by atomic mass is 32.1. The first-order valence-corrected chi connectivity index (χ1v) is 17.6. The monoisotopic (exact) mass is 690 g/mol. The van der Waals surface area contributed by atoms with Gasteiger partial charge in [0.25, 0.3) is 5.91 Å². The summed E-state index contributed by atoms with van der Waals surface area (Å²) in [5, 5.41) is 12.3. The van der Waals surface area contributed by atoms with Crippen molar-refractivity contribution in [3.63, 3.8) is 0 Å². The van der Waals surface area contributed by atoms with Crippen LogP contribution < -0.4 is 10.1 Å². The number of pyridine rings is 2. The van der Waals surface area contributed by atoms with Gasteiger partial charge in [-0.05, 0) is 80.0 Å². The third-order valence-corrected chi connectivity index (χ3v) is 11.3. The molecule has 6 aromatic rings. The maximum absolute atomic E-state index is 14.5. The molecule has 1 N–H and O–H groups in total. The first-order chi connectivity index (χ1) is 24.4. The van der Waals surface area contributed by atoms with Crippen molar-refractivity contribution in [2.24, 2.45) is 0 Å². The lowest BCUT2D eigenvalue weighted by atomic mass is 9.93. The number of ether oxygens (including phenoxy) is 1. The van der Waals surface area contributed by atoms with Crippen molar-refractivity contribution in [3.8, 4) is 27.6 Å². The number of amides is 1. The lowest BCUT2D eigenvalue weighted by Crippen LogP contribution is -2.22. The molecule has 1 unspecified atom stereocenters. The molecule has 2 aliphatic heterocycles. The number of halogens is 2. The molecule has 2 atom stereocenters. The molecule has 0 bridgehead atoms. The number of carbonyl (C=O) groups excluding carboxylic acids is 1. The van der Waals surface area contributed by atoms with E-state index in [1.807, 2.05) is 23.1 Å². The zero-order chi connectivity index (χ0) is 34.1. The third-order valence-electron chi connectivity index (χ3n) is 10.1. The minimum absolute atomic E-state index is 0.0374. The Morgan fingerprint density at radius 2 is 1.90 bits per heavy atom. The van der Waals surface area contributed by atoms with E-state index in [0.29, 0.717) is 54.5 Å². The van der Waals surface area contributed by atoms with Crippen molar-refractivity contribution in [1.82, 2.24) is 25.1 Å². The Morgan fingerprint density at radius 1 is 1.04 bits per heavy atom. The first-order valence-electron chi connectivity index (χ1n) is 16.8. The van der Waals surface area contributed by atoms with Gasteiger partial charge in [-0.1, -0.05) is 18.2 Å². The Kier molecular flexibility index (Phi) is 7.38. The van der Waals surface area contributed by atoms with Crippen LogP contribution in [0.15, 0.2) is 59.1 Å². The molecular weight excluding hydrogens is 659 g/mol. The molecule has 0 saturated carbocycles. The Morgan fingerprint density at radius 3 is 2.70 bits per heavy atom. The van der Waals surface area contributed by atoms with Crippen LogP contribution in [-0.2, 0) is 19.3 Å². The van der Waals surface area contributed by atoms with E-state index in [2.05, 4.69) is 15.5 Å². The van der Waals surface area contributed by atoms with E-state index in [1.165, 1.54) is 25.3 Å². The molecule has 1 fully saturated rings. The fourth-order valence-electron chi connectivity index (χ4n) is 7.90. The number of carbonyl (C=O) groups is 1. The number of benzene rings is 2. The molecule has 4 aromatic heterocycles. The van der Waals surface area contributed by atoms with Crippen LogP contribution in [0.3, 0.4) is 0 Å². The molecule has 9 nitrogen and oxygen atoms in total. The topological polar surface area (TPSA) is 106 Å². The molecule has 2 aromatic carbocycles. The predicted octanol–water partition coefficient (Wildman–Crippen LogP) is 8.18. The standard InChI is InChI=1S/C38H32F2N6O3S/c1-19-44-45-37(49-19)31-26(13-7-20-5-8-21(39)9-6-20)43-34-29-4-3-17-46(29)38(47)33(34)32(31)30-18-28-36(50-30)27(15-16-41-28)42-25-14-11-23-22(25)10-12-24(40)35(23)48-2/h5-6,8-10,12,15-16,18,25,29H,3-4,7,11,13-14,17H2,1-2H3,(H,41,42)/t25-,29?/m0/s1. The number of hydrogen-bond donors (Lipinski definition) is 1. The summed E-state index contributed by atoms with van der Waals surface area (Å²) in [6.07, 6.45) is 6.16. The maximum atomic E-state index is 14.5. The molecule has 12 heteroatoms. The van der Waals surface area contributed by atoms with Crippen molar-refractivity contribution < 1.29 is 22.7 Å². The Balaban J connectivity index is 1.20. The van der Waals surface area contributed by atoms with Crippen LogP contribution in [0.4, 0.5) is 14.5 Å². The number of nitrogens with zero attached hydrogens (tertiary/aromatic N) is 5. The van der Waals surface area contributed by atoms with Crippen LogP contribution in [0.25, 0.3) is 32.1 Å². The summed E-state index contributed by atoms with van der Waals surface area (Å²) in [6.45, 7) is 2.42. The van der Waals surface area contributed by atoms with Gasteiger partial charge in [0, 0.05) is 35.7 Å². The molecule has 252 valence electrons. The Hall–Kier alpha value is -5.23. The van der Waals surface area contributed by atoms with Crippen LogP contribution in [0, 0.1) is 18.6 Å². The lowest BCUT2D eigenvalue weighted by Gasteiger charge is -2.17. The summed E-state index contributed by atoms with van der Waals surface area (Å²) in [6, 6.07) is 13.6. The average molecular weight is 691 g/mol. The fourth-order valence-corrected chi connectivity index (χ4v) is 9.04. The minimum atomic E-state index is -0.356. The summed E-state index contributed by atoms with van der Waals surface area (Å²) in [5.74, 6) is 0.327. The van der Waals surface area contributed by atoms with Gasteiger partial charge in [0.2, 0.25) is 11.8 Å². The number of thiophene rings is 1. The zero-order valence-electron chi connectivity index (χ0n) is 27.4. The smallest absolute Gasteiger partial charge is 0.257 e. The Bertz CT molecular complexity index is 2320. The van der Waals surface area contributed by atoms with E-state index in [4.69, 9.17) is 19.1 Å². The molecule has 50 heavy (non-hydrogen) atoms. The summed E-state index contributed by atoms with van der Waals surface area (Å²) in [5.41, 5.74) is 8.03. The molecule has 9 rings (SSSR count). The zero-order valence-corrected chi connectivity index (χ0v) is 28.2. The highest BCUT2D eigenvalue weighted by Gasteiger charge is 2.45. The van der Waals surface area contributed by atoms with Crippen molar-refractivity contribution in [2.45, 2.75) is 57.5 Å². The molecule has 1 aliphatic carbocycles. The number of methoxy groups -OCH3 is 1. The van der Waals surface area contributed by atoms with Gasteiger partial charge in [-0.25, -0.2) is 8.78 Å². The van der Waals surface area contributed by atoms with Crippen LogP contribution >= 0.6 is 11.3 Å². The van der Waals surface area contributed by atoms with Crippen LogP contribution in [0.2, 0.25) is 0 Å². The van der Waals surface area contributed by atoms with E-state index in [1.54, 1.807) is 36.6 Å². The highest BCUT2D eigenvalue weighted by Crippen LogP contribution is 2.51. The molecule has 0 radical (unpaired) electrons. The van der Waals surface area contributed by atoms with Gasteiger partial charge < -0.3 is 19.4 Å². The largest absolute Gasteiger partial charge is 0.493 e. The maximum Gasteiger partial charge on any atom is 0.257 e. The number of anilines is 1. The SMILES string of the molecule is COc1c(F)ccc2c1CC[C@@H]2Nc1ccnc2cc(-c3c4c(nc(CCc5ccc(F)cc5)c3-c3nnc(C)o3)C3CCCN3C4=O)sc12. The summed E-state index contributed by atoms with van der Waals surface area (Å²) in [7, 11) is 1.50. The second kappa shape index (κ2) is 12.0. The van der Waals surface area contributed by atoms with E-state index in [-0.39, 0.29) is 29.6 Å². The van der Waals surface area contributed by atoms with Crippen molar-refractivity contribution in [1.29, 1.82) is 0 Å². The van der Waals surface area contributed by atoms with Crippen molar-refractivity contribution in [3.05, 3.63) is 106 Å². The first kappa shape index (κ1) is 30.8. The van der Waals surface area contributed by atoms with Crippen LogP contribution in [-0.4, -0.2) is 44.6 Å². The molecule has 6 heterocycles. The molecule has 1 amide bonds. The van der Waals surface area contributed by atoms with Gasteiger partial charge in [-0.2, -0.15) is 0 Å². The number of aryl methyl sites for hydroxylation is 3. The van der Waals surface area contributed by atoms with Gasteiger partial charge in [0.1, 0.15) is 5.82 Å². The molecule has 1 saturated heterocycles. The number of rotatable bonds is 8. The van der Waals surface area contributed by atoms with Crippen LogP contribution in [0.5, 0.6) is 5.75 Å². The lowest BCUT2D eigenvalue weighted by molar-refractivity contribution is 0.0776. The number of hydrogen-bond acceptors (Lipinski definition) is 9. The van der Waals surface area contributed by atoms with E-state index in [9.17, 15) is 13.6 Å². The van der Waals surface area contributed by atoms with Crippen molar-refractivity contribution >= 4 is 33.1 Å². The van der Waals surface area contributed by atoms with Gasteiger partial charge in [-0.3, -0.25) is 14.8 Å². The van der Waals surface area contributed by atoms with E-state index in [0.717, 1.165) is 73.7 Å². The van der Waals surface area contributed by atoms with E-state index < -0.39 is 0 Å². The third kappa shape index (κ3) is 4.95. The summed E-state index contributed by atoms with van der Waals surface area (Å²) < 4.78 is 40.6. The molecule has 3 aliphatic rings. The van der Waals surface area contributed by atoms with E-state index >= 15 is 0 Å². The predicted molar refractivity (Wildman–Crippen MR) is 185 cm³/mol. The average Bonchev–Trinajstić information content (AvgIpc) is 3.96. The highest BCUT2D eigenvalue weighted by molar-refractivity contribution is 7.22. The van der Waals surface area contributed by atoms with Gasteiger partial charge in [-0.15, -0.1) is 21.5 Å². The second-order valence-electron chi connectivity index (χ2n) is 13.0. The summed E-state index contributed by atoms with van der Waals surface area (Å²) in [4.78, 5) is 26.9. The Labute approximate surface area is 290 Å². The second-order valence-corrected chi connectivity index (χ2v) is 14.1. The number of aromatic nitrogens is 4. The fraction of sp³-hybridized carbons (Fsp3) is 0.289. The number of fused-ring (bicyclic) bond motifs is 5. The number of nitrogens with one attached hydrogen (secondary N) is 1. The normalized spacial score (nSPS) is 17.8. The van der Waals surface area contributed by atoms with Crippen molar-refractivity contribution in [2.75, 3.05) is 19.0 Å². The van der Waals surface area contributed by atoms with Crippen LogP contribution in [0.1, 0.15) is 75.7 Å². The minimum Gasteiger partial charge on any atom is -0.493 e.